The molecule has 5 nitrogen and oxygen atoms in total. The van der Waals surface area contributed by atoms with Gasteiger partial charge in [-0.25, -0.2) is 9.18 Å². The van der Waals surface area contributed by atoms with Crippen LogP contribution in [0.1, 0.15) is 37.2 Å². The van der Waals surface area contributed by atoms with E-state index in [4.69, 9.17) is 5.11 Å². The van der Waals surface area contributed by atoms with E-state index < -0.39 is 11.9 Å². The van der Waals surface area contributed by atoms with Gasteiger partial charge in [0.05, 0.1) is 5.92 Å². The van der Waals surface area contributed by atoms with Crippen molar-refractivity contribution in [3.05, 3.63) is 35.6 Å². The maximum atomic E-state index is 13.7. The maximum absolute atomic E-state index is 13.7. The summed E-state index contributed by atoms with van der Waals surface area (Å²) >= 11 is 0. The second-order valence-corrected chi connectivity index (χ2v) is 6.46. The molecule has 0 bridgehead atoms. The van der Waals surface area contributed by atoms with Gasteiger partial charge in [0.25, 0.3) is 0 Å². The molecule has 1 aliphatic heterocycles. The number of carboxylic acid groups (broad SMARTS) is 1. The summed E-state index contributed by atoms with van der Waals surface area (Å²) in [7, 11) is 0. The third kappa shape index (κ3) is 3.46. The van der Waals surface area contributed by atoms with Gasteiger partial charge >= 0.3 is 12.0 Å². The fraction of sp³-hybridized carbons (Fsp3) is 0.529. The Morgan fingerprint density at radius 3 is 2.70 bits per heavy atom. The van der Waals surface area contributed by atoms with Crippen molar-refractivity contribution in [2.75, 3.05) is 13.1 Å². The van der Waals surface area contributed by atoms with Crippen molar-refractivity contribution in [2.24, 2.45) is 5.92 Å². The lowest BCUT2D eigenvalue weighted by molar-refractivity contribution is -0.143. The topological polar surface area (TPSA) is 69.6 Å². The summed E-state index contributed by atoms with van der Waals surface area (Å²) < 4.78 is 13.7. The van der Waals surface area contributed by atoms with Crippen LogP contribution in [0.5, 0.6) is 0 Å². The zero-order valence-corrected chi connectivity index (χ0v) is 12.9. The van der Waals surface area contributed by atoms with Crippen LogP contribution < -0.4 is 5.32 Å². The van der Waals surface area contributed by atoms with Crippen LogP contribution in [0.4, 0.5) is 9.18 Å². The van der Waals surface area contributed by atoms with Crippen molar-refractivity contribution in [1.82, 2.24) is 10.2 Å². The molecule has 1 saturated heterocycles. The van der Waals surface area contributed by atoms with E-state index in [0.29, 0.717) is 24.9 Å². The van der Waals surface area contributed by atoms with Gasteiger partial charge in [0.1, 0.15) is 5.82 Å². The van der Waals surface area contributed by atoms with Crippen LogP contribution in [0, 0.1) is 11.7 Å². The van der Waals surface area contributed by atoms with Gasteiger partial charge in [-0.05, 0) is 43.2 Å². The molecule has 2 aliphatic rings. The van der Waals surface area contributed by atoms with E-state index in [1.54, 1.807) is 17.0 Å². The number of nitrogens with one attached hydrogen (secondary N) is 1. The monoisotopic (exact) mass is 320 g/mol. The maximum Gasteiger partial charge on any atom is 0.317 e. The van der Waals surface area contributed by atoms with Crippen molar-refractivity contribution in [3.8, 4) is 0 Å². The van der Waals surface area contributed by atoms with Gasteiger partial charge in [-0.15, -0.1) is 0 Å². The van der Waals surface area contributed by atoms with E-state index in [2.05, 4.69) is 5.32 Å². The lowest BCUT2D eigenvalue weighted by Gasteiger charge is -2.38. The number of carbonyl (C=O) groups excluding carboxylic acids is 1. The smallest absolute Gasteiger partial charge is 0.317 e. The standard InChI is InChI=1S/C17H21FN2O3/c18-15-6-2-1-5-14(15)12-8-13(9-12)19-17(23)20-7-3-4-11(10-20)16(21)22/h1-2,5-6,11-13H,3-4,7-10H2,(H,19,23)(H,21,22). The van der Waals surface area contributed by atoms with E-state index in [9.17, 15) is 14.0 Å². The molecule has 1 heterocycles. The number of benzene rings is 1. The molecule has 6 heteroatoms. The summed E-state index contributed by atoms with van der Waals surface area (Å²) in [5.41, 5.74) is 0.710. The molecular weight excluding hydrogens is 299 g/mol. The second kappa shape index (κ2) is 6.56. The Morgan fingerprint density at radius 2 is 2.00 bits per heavy atom. The van der Waals surface area contributed by atoms with Crippen LogP contribution in [0.15, 0.2) is 24.3 Å². The Kier molecular flexibility index (Phi) is 4.50. The van der Waals surface area contributed by atoms with E-state index in [0.717, 1.165) is 12.8 Å². The van der Waals surface area contributed by atoms with Crippen LogP contribution in [0.3, 0.4) is 0 Å². The van der Waals surface area contributed by atoms with Crippen LogP contribution in [0.2, 0.25) is 0 Å². The Balaban J connectivity index is 1.49. The number of carboxylic acids is 1. The molecule has 1 saturated carbocycles. The van der Waals surface area contributed by atoms with Crippen molar-refractivity contribution in [2.45, 2.75) is 37.6 Å². The Morgan fingerprint density at radius 1 is 1.26 bits per heavy atom. The molecule has 1 atom stereocenters. The SMILES string of the molecule is O=C(O)C1CCCN(C(=O)NC2CC(c3ccccc3F)C2)C1. The van der Waals surface area contributed by atoms with Crippen LogP contribution in [-0.2, 0) is 4.79 Å². The highest BCUT2D eigenvalue weighted by atomic mass is 19.1. The summed E-state index contributed by atoms with van der Waals surface area (Å²) in [6.45, 7) is 0.865. The number of likely N-dealkylation sites (tertiary alicyclic amines) is 1. The molecule has 0 radical (unpaired) electrons. The Hall–Kier alpha value is -2.11. The zero-order valence-electron chi connectivity index (χ0n) is 12.9. The first-order valence-electron chi connectivity index (χ1n) is 8.07. The van der Waals surface area contributed by atoms with Crippen molar-refractivity contribution in [1.29, 1.82) is 0 Å². The quantitative estimate of drug-likeness (QED) is 0.899. The van der Waals surface area contributed by atoms with Gasteiger partial charge in [0, 0.05) is 19.1 Å². The number of amides is 2. The molecule has 1 aromatic rings. The summed E-state index contributed by atoms with van der Waals surface area (Å²) in [4.78, 5) is 24.9. The fourth-order valence-corrected chi connectivity index (χ4v) is 3.42. The molecule has 1 aromatic carbocycles. The molecular formula is C17H21FN2O3. The highest BCUT2D eigenvalue weighted by Gasteiger charge is 2.35. The number of hydrogen-bond donors (Lipinski definition) is 2. The molecule has 2 amide bonds. The number of nitrogens with zero attached hydrogens (tertiary/aromatic N) is 1. The second-order valence-electron chi connectivity index (χ2n) is 6.46. The molecule has 0 aromatic heterocycles. The van der Waals surface area contributed by atoms with E-state index in [1.807, 2.05) is 6.07 Å². The third-order valence-corrected chi connectivity index (χ3v) is 4.87. The molecule has 124 valence electrons. The molecule has 0 spiro atoms. The minimum Gasteiger partial charge on any atom is -0.481 e. The number of aliphatic carboxylic acids is 1. The van der Waals surface area contributed by atoms with E-state index in [1.165, 1.54) is 6.07 Å². The number of urea groups is 1. The molecule has 1 unspecified atom stereocenters. The van der Waals surface area contributed by atoms with Crippen molar-refractivity contribution in [3.63, 3.8) is 0 Å². The first-order chi connectivity index (χ1) is 11.0. The van der Waals surface area contributed by atoms with E-state index >= 15 is 0 Å². The van der Waals surface area contributed by atoms with E-state index in [-0.39, 0.29) is 30.4 Å². The highest BCUT2D eigenvalue weighted by molar-refractivity contribution is 5.77. The molecule has 3 rings (SSSR count). The molecule has 2 N–H and O–H groups in total. The minimum atomic E-state index is -0.842. The summed E-state index contributed by atoms with van der Waals surface area (Å²) in [6, 6.07) is 6.59. The normalized spacial score (nSPS) is 27.2. The first-order valence-corrected chi connectivity index (χ1v) is 8.07. The predicted octanol–water partition coefficient (Wildman–Crippen LogP) is 2.58. The van der Waals surface area contributed by atoms with Crippen molar-refractivity contribution >= 4 is 12.0 Å². The van der Waals surface area contributed by atoms with Gasteiger partial charge in [-0.3, -0.25) is 4.79 Å². The average molecular weight is 320 g/mol. The van der Waals surface area contributed by atoms with Gasteiger partial charge in [-0.2, -0.15) is 0 Å². The summed E-state index contributed by atoms with van der Waals surface area (Å²) in [6.07, 6.45) is 2.79. The Labute approximate surface area is 134 Å². The predicted molar refractivity (Wildman–Crippen MR) is 82.6 cm³/mol. The lowest BCUT2D eigenvalue weighted by Crippen LogP contribution is -2.52. The molecule has 2 fully saturated rings. The number of piperidine rings is 1. The minimum absolute atomic E-state index is 0.0392. The van der Waals surface area contributed by atoms with Crippen molar-refractivity contribution < 1.29 is 19.1 Å². The number of hydrogen-bond acceptors (Lipinski definition) is 2. The summed E-state index contributed by atoms with van der Waals surface area (Å²) in [5.74, 6) is -1.36. The lowest BCUT2D eigenvalue weighted by atomic mass is 9.75. The number of rotatable bonds is 3. The largest absolute Gasteiger partial charge is 0.481 e. The Bertz CT molecular complexity index is 601. The van der Waals surface area contributed by atoms with Gasteiger partial charge in [0.2, 0.25) is 0 Å². The zero-order chi connectivity index (χ0) is 16.4. The van der Waals surface area contributed by atoms with Crippen LogP contribution >= 0.6 is 0 Å². The average Bonchev–Trinajstić information content (AvgIpc) is 2.51. The summed E-state index contributed by atoms with van der Waals surface area (Å²) in [5, 5.41) is 12.0. The van der Waals surface area contributed by atoms with Gasteiger partial charge in [0.15, 0.2) is 0 Å². The third-order valence-electron chi connectivity index (χ3n) is 4.87. The first kappa shape index (κ1) is 15.8. The molecule has 23 heavy (non-hydrogen) atoms. The number of carbonyl (C=O) groups is 2. The van der Waals surface area contributed by atoms with Gasteiger partial charge in [-0.1, -0.05) is 18.2 Å². The van der Waals surface area contributed by atoms with Gasteiger partial charge < -0.3 is 15.3 Å². The van der Waals surface area contributed by atoms with Crippen LogP contribution in [-0.4, -0.2) is 41.1 Å². The molecule has 1 aliphatic carbocycles. The highest BCUT2D eigenvalue weighted by Crippen LogP contribution is 2.38. The number of halogens is 1. The van der Waals surface area contributed by atoms with Crippen LogP contribution in [0.25, 0.3) is 0 Å². The fourth-order valence-electron chi connectivity index (χ4n) is 3.42.